The molecule has 0 bridgehead atoms. The zero-order valence-corrected chi connectivity index (χ0v) is 14.7. The molecule has 1 aromatic carbocycles. The van der Waals surface area contributed by atoms with E-state index in [2.05, 4.69) is 27.1 Å². The zero-order valence-electron chi connectivity index (χ0n) is 13.9. The molecule has 1 unspecified atom stereocenters. The molecule has 126 valence electrons. The molecular formula is C18H21ClN4O. The predicted octanol–water partition coefficient (Wildman–Crippen LogP) is 3.93. The van der Waals surface area contributed by atoms with Crippen molar-refractivity contribution in [1.82, 2.24) is 9.97 Å². The van der Waals surface area contributed by atoms with Crippen LogP contribution in [0.5, 0.6) is 0 Å². The monoisotopic (exact) mass is 344 g/mol. The van der Waals surface area contributed by atoms with E-state index in [0.29, 0.717) is 22.3 Å². The van der Waals surface area contributed by atoms with E-state index in [4.69, 9.17) is 11.6 Å². The third-order valence-electron chi connectivity index (χ3n) is 4.30. The van der Waals surface area contributed by atoms with Crippen LogP contribution >= 0.6 is 11.6 Å². The third-order valence-corrected chi connectivity index (χ3v) is 4.70. The summed E-state index contributed by atoms with van der Waals surface area (Å²) in [6.45, 7) is 6.09. The van der Waals surface area contributed by atoms with E-state index in [1.165, 1.54) is 12.7 Å². The normalized spacial score (nSPS) is 17.6. The van der Waals surface area contributed by atoms with Crippen LogP contribution in [0.3, 0.4) is 0 Å². The summed E-state index contributed by atoms with van der Waals surface area (Å²) < 4.78 is 0. The minimum absolute atomic E-state index is 0.261. The number of aryl methyl sites for hydroxylation is 1. The number of aromatic nitrogens is 2. The van der Waals surface area contributed by atoms with E-state index in [1.54, 1.807) is 12.1 Å². The fourth-order valence-corrected chi connectivity index (χ4v) is 3.09. The number of halogens is 1. The second kappa shape index (κ2) is 7.18. The Labute approximate surface area is 147 Å². The van der Waals surface area contributed by atoms with Crippen molar-refractivity contribution in [3.05, 3.63) is 46.9 Å². The van der Waals surface area contributed by atoms with Gasteiger partial charge in [-0.05, 0) is 43.4 Å². The molecule has 1 aliphatic heterocycles. The lowest BCUT2D eigenvalue weighted by Crippen LogP contribution is -2.35. The number of anilines is 2. The Balaban J connectivity index is 1.75. The summed E-state index contributed by atoms with van der Waals surface area (Å²) in [6.07, 6.45) is 3.84. The van der Waals surface area contributed by atoms with Crippen molar-refractivity contribution in [2.24, 2.45) is 5.92 Å². The number of hydrogen-bond acceptors (Lipinski definition) is 4. The molecule has 1 fully saturated rings. The van der Waals surface area contributed by atoms with Gasteiger partial charge in [0.1, 0.15) is 17.8 Å². The molecular weight excluding hydrogens is 324 g/mol. The second-order valence-corrected chi connectivity index (χ2v) is 6.78. The number of amides is 1. The van der Waals surface area contributed by atoms with Crippen LogP contribution in [0.4, 0.5) is 11.5 Å². The molecule has 1 aliphatic rings. The number of carbonyl (C=O) groups excluding carboxylic acids is 1. The number of piperidine rings is 1. The molecule has 3 rings (SSSR count). The average Bonchev–Trinajstić information content (AvgIpc) is 2.58. The number of carbonyl (C=O) groups is 1. The first kappa shape index (κ1) is 16.7. The van der Waals surface area contributed by atoms with Crippen LogP contribution in [-0.4, -0.2) is 29.0 Å². The first-order valence-electron chi connectivity index (χ1n) is 8.17. The average molecular weight is 345 g/mol. The number of nitrogens with zero attached hydrogens (tertiary/aromatic N) is 3. The van der Waals surface area contributed by atoms with Crippen molar-refractivity contribution in [2.45, 2.75) is 26.7 Å². The minimum Gasteiger partial charge on any atom is -0.356 e. The van der Waals surface area contributed by atoms with Crippen LogP contribution in [0.1, 0.15) is 35.8 Å². The van der Waals surface area contributed by atoms with Gasteiger partial charge in [0.25, 0.3) is 5.91 Å². The van der Waals surface area contributed by atoms with Crippen molar-refractivity contribution in [2.75, 3.05) is 23.3 Å². The van der Waals surface area contributed by atoms with Crippen molar-refractivity contribution in [3.8, 4) is 0 Å². The Morgan fingerprint density at radius 3 is 2.92 bits per heavy atom. The second-order valence-electron chi connectivity index (χ2n) is 6.37. The van der Waals surface area contributed by atoms with Crippen LogP contribution < -0.4 is 10.2 Å². The molecule has 1 N–H and O–H groups in total. The maximum absolute atomic E-state index is 12.4. The molecule has 1 aromatic heterocycles. The van der Waals surface area contributed by atoms with Crippen LogP contribution in [0.25, 0.3) is 0 Å². The summed E-state index contributed by atoms with van der Waals surface area (Å²) in [7, 11) is 0. The van der Waals surface area contributed by atoms with E-state index in [1.807, 2.05) is 19.1 Å². The fraction of sp³-hybridized carbons (Fsp3) is 0.389. The summed E-state index contributed by atoms with van der Waals surface area (Å²) in [5, 5.41) is 3.46. The minimum atomic E-state index is -0.261. The van der Waals surface area contributed by atoms with Gasteiger partial charge in [0, 0.05) is 29.9 Å². The highest BCUT2D eigenvalue weighted by atomic mass is 35.5. The highest BCUT2D eigenvalue weighted by Crippen LogP contribution is 2.22. The van der Waals surface area contributed by atoms with Crippen LogP contribution in [0.2, 0.25) is 5.02 Å². The highest BCUT2D eigenvalue weighted by Gasteiger charge is 2.19. The smallest absolute Gasteiger partial charge is 0.274 e. The fourth-order valence-electron chi connectivity index (χ4n) is 2.91. The summed E-state index contributed by atoms with van der Waals surface area (Å²) >= 11 is 6.10. The van der Waals surface area contributed by atoms with E-state index in [0.717, 1.165) is 30.9 Å². The lowest BCUT2D eigenvalue weighted by molar-refractivity contribution is 0.102. The molecule has 1 saturated heterocycles. The Kier molecular flexibility index (Phi) is 5.00. The summed E-state index contributed by atoms with van der Waals surface area (Å²) in [5.41, 5.74) is 1.98. The summed E-state index contributed by atoms with van der Waals surface area (Å²) in [5.74, 6) is 1.19. The van der Waals surface area contributed by atoms with Gasteiger partial charge >= 0.3 is 0 Å². The van der Waals surface area contributed by atoms with Crippen molar-refractivity contribution in [1.29, 1.82) is 0 Å². The van der Waals surface area contributed by atoms with E-state index >= 15 is 0 Å². The molecule has 2 aromatic rings. The SMILES string of the molecule is Cc1ccc(NC(=O)c2cc(N3CCCC(C)C3)ncn2)cc1Cl. The summed E-state index contributed by atoms with van der Waals surface area (Å²) in [4.78, 5) is 23.1. The van der Waals surface area contributed by atoms with Crippen molar-refractivity contribution >= 4 is 29.0 Å². The van der Waals surface area contributed by atoms with Gasteiger partial charge < -0.3 is 10.2 Å². The Morgan fingerprint density at radius 2 is 2.17 bits per heavy atom. The molecule has 1 amide bonds. The predicted molar refractivity (Wildman–Crippen MR) is 96.8 cm³/mol. The van der Waals surface area contributed by atoms with Crippen molar-refractivity contribution in [3.63, 3.8) is 0 Å². The molecule has 5 nitrogen and oxygen atoms in total. The standard InChI is InChI=1S/C18H21ClN4O/c1-12-4-3-7-23(10-12)17-9-16(20-11-21-17)18(24)22-14-6-5-13(2)15(19)8-14/h5-6,8-9,11-12H,3-4,7,10H2,1-2H3,(H,22,24). The van der Waals surface area contributed by atoms with Gasteiger partial charge in [-0.3, -0.25) is 4.79 Å². The molecule has 0 aliphatic carbocycles. The molecule has 0 radical (unpaired) electrons. The first-order valence-corrected chi connectivity index (χ1v) is 8.55. The lowest BCUT2D eigenvalue weighted by Gasteiger charge is -2.31. The van der Waals surface area contributed by atoms with Crippen LogP contribution in [0.15, 0.2) is 30.6 Å². The van der Waals surface area contributed by atoms with Gasteiger partial charge in [-0.1, -0.05) is 24.6 Å². The van der Waals surface area contributed by atoms with Crippen molar-refractivity contribution < 1.29 is 4.79 Å². The van der Waals surface area contributed by atoms with Gasteiger partial charge in [0.15, 0.2) is 0 Å². The summed E-state index contributed by atoms with van der Waals surface area (Å²) in [6, 6.07) is 7.19. The van der Waals surface area contributed by atoms with Gasteiger partial charge in [0.2, 0.25) is 0 Å². The zero-order chi connectivity index (χ0) is 17.1. The van der Waals surface area contributed by atoms with E-state index < -0.39 is 0 Å². The topological polar surface area (TPSA) is 58.1 Å². The maximum atomic E-state index is 12.4. The van der Waals surface area contributed by atoms with Gasteiger partial charge in [0.05, 0.1) is 0 Å². The molecule has 0 spiro atoms. The van der Waals surface area contributed by atoms with E-state index in [9.17, 15) is 4.79 Å². The Hall–Kier alpha value is -2.14. The molecule has 2 heterocycles. The number of rotatable bonds is 3. The highest BCUT2D eigenvalue weighted by molar-refractivity contribution is 6.31. The molecule has 6 heteroatoms. The van der Waals surface area contributed by atoms with E-state index in [-0.39, 0.29) is 5.91 Å². The van der Waals surface area contributed by atoms with Gasteiger partial charge in [-0.25, -0.2) is 9.97 Å². The van der Waals surface area contributed by atoms with Gasteiger partial charge in [-0.2, -0.15) is 0 Å². The lowest BCUT2D eigenvalue weighted by atomic mass is 10.0. The Bertz CT molecular complexity index is 750. The number of benzene rings is 1. The Morgan fingerprint density at radius 1 is 1.33 bits per heavy atom. The molecule has 0 saturated carbocycles. The van der Waals surface area contributed by atoms with Gasteiger partial charge in [-0.15, -0.1) is 0 Å². The quantitative estimate of drug-likeness (QED) is 0.916. The maximum Gasteiger partial charge on any atom is 0.274 e. The largest absolute Gasteiger partial charge is 0.356 e. The molecule has 1 atom stereocenters. The molecule has 24 heavy (non-hydrogen) atoms. The number of hydrogen-bond donors (Lipinski definition) is 1. The van der Waals surface area contributed by atoms with Crippen LogP contribution in [-0.2, 0) is 0 Å². The van der Waals surface area contributed by atoms with Crippen LogP contribution in [0, 0.1) is 12.8 Å². The number of nitrogens with one attached hydrogen (secondary N) is 1. The third kappa shape index (κ3) is 3.85. The first-order chi connectivity index (χ1) is 11.5.